The Morgan fingerprint density at radius 2 is 1.92 bits per heavy atom. The van der Waals surface area contributed by atoms with Crippen LogP contribution in [0.5, 0.6) is 5.75 Å². The second-order valence-corrected chi connectivity index (χ2v) is 9.41. The number of hydrogen-bond donors (Lipinski definition) is 0. The molecule has 0 aliphatic carbocycles. The van der Waals surface area contributed by atoms with E-state index in [-0.39, 0.29) is 30.1 Å². The first-order chi connectivity index (χ1) is 11.8. The number of amides is 1. The van der Waals surface area contributed by atoms with Crippen molar-refractivity contribution in [2.45, 2.75) is 12.5 Å². The first kappa shape index (κ1) is 18.8. The van der Waals surface area contributed by atoms with E-state index in [4.69, 9.17) is 27.9 Å². The lowest BCUT2D eigenvalue weighted by Gasteiger charge is -2.37. The third kappa shape index (κ3) is 4.78. The molecule has 2 aliphatic rings. The molecule has 6 nitrogen and oxygen atoms in total. The van der Waals surface area contributed by atoms with Crippen molar-refractivity contribution in [1.82, 2.24) is 9.80 Å². The molecule has 2 aliphatic heterocycles. The van der Waals surface area contributed by atoms with Crippen molar-refractivity contribution < 1.29 is 17.9 Å². The van der Waals surface area contributed by atoms with Crippen molar-refractivity contribution in [3.63, 3.8) is 0 Å². The van der Waals surface area contributed by atoms with E-state index in [1.54, 1.807) is 23.1 Å². The summed E-state index contributed by atoms with van der Waals surface area (Å²) in [4.78, 5) is 16.2. The van der Waals surface area contributed by atoms with E-state index in [9.17, 15) is 13.2 Å². The van der Waals surface area contributed by atoms with E-state index in [0.717, 1.165) is 0 Å². The van der Waals surface area contributed by atoms with E-state index < -0.39 is 9.84 Å². The summed E-state index contributed by atoms with van der Waals surface area (Å²) in [7, 11) is -2.89. The predicted octanol–water partition coefficient (Wildman–Crippen LogP) is 1.70. The largest absolute Gasteiger partial charge is 0.482 e. The molecule has 0 saturated carbocycles. The number of carbonyl (C=O) groups excluding carboxylic acids is 1. The first-order valence-electron chi connectivity index (χ1n) is 8.14. The molecule has 0 spiro atoms. The number of benzene rings is 1. The van der Waals surface area contributed by atoms with E-state index in [2.05, 4.69) is 4.90 Å². The monoisotopic (exact) mass is 406 g/mol. The van der Waals surface area contributed by atoms with Gasteiger partial charge < -0.3 is 9.64 Å². The van der Waals surface area contributed by atoms with Crippen LogP contribution in [0.2, 0.25) is 10.0 Å². The van der Waals surface area contributed by atoms with Crippen molar-refractivity contribution in [2.24, 2.45) is 0 Å². The Morgan fingerprint density at radius 3 is 2.52 bits per heavy atom. The van der Waals surface area contributed by atoms with Crippen molar-refractivity contribution in [3.05, 3.63) is 28.2 Å². The van der Waals surface area contributed by atoms with E-state index in [1.165, 1.54) is 0 Å². The number of nitrogens with zero attached hydrogens (tertiary/aromatic N) is 2. The topological polar surface area (TPSA) is 66.9 Å². The average molecular weight is 407 g/mol. The molecular weight excluding hydrogens is 387 g/mol. The number of carbonyl (C=O) groups is 1. The van der Waals surface area contributed by atoms with Gasteiger partial charge in [0.25, 0.3) is 5.91 Å². The van der Waals surface area contributed by atoms with Crippen LogP contribution in [0.3, 0.4) is 0 Å². The molecule has 0 unspecified atom stereocenters. The van der Waals surface area contributed by atoms with Gasteiger partial charge in [-0.1, -0.05) is 23.2 Å². The fraction of sp³-hybridized carbons (Fsp3) is 0.562. The Balaban J connectivity index is 1.47. The molecule has 138 valence electrons. The van der Waals surface area contributed by atoms with Crippen LogP contribution in [-0.4, -0.2) is 74.5 Å². The number of rotatable bonds is 4. The van der Waals surface area contributed by atoms with Gasteiger partial charge in [0, 0.05) is 37.2 Å². The number of hydrogen-bond acceptors (Lipinski definition) is 5. The number of ether oxygens (including phenoxy) is 1. The Hall–Kier alpha value is -1.02. The molecule has 1 atom stereocenters. The van der Waals surface area contributed by atoms with Crippen molar-refractivity contribution in [2.75, 3.05) is 44.3 Å². The standard InChI is InChI=1S/C16H20Cl2N2O4S/c17-12-1-2-15(14(18)9-12)24-10-16(21)20-6-4-19(5-7-20)13-3-8-25(22,23)11-13/h1-2,9,13H,3-8,10-11H2/t13-/m1/s1. The maximum Gasteiger partial charge on any atom is 0.260 e. The van der Waals surface area contributed by atoms with Gasteiger partial charge in [0.15, 0.2) is 16.4 Å². The molecule has 25 heavy (non-hydrogen) atoms. The highest BCUT2D eigenvalue weighted by Gasteiger charge is 2.34. The van der Waals surface area contributed by atoms with Crippen molar-refractivity contribution in [1.29, 1.82) is 0 Å². The average Bonchev–Trinajstić information content (AvgIpc) is 2.94. The van der Waals surface area contributed by atoms with Crippen LogP contribution in [0.25, 0.3) is 0 Å². The van der Waals surface area contributed by atoms with Crippen LogP contribution in [0.15, 0.2) is 18.2 Å². The zero-order chi connectivity index (χ0) is 18.0. The summed E-state index contributed by atoms with van der Waals surface area (Å²) >= 11 is 11.9. The maximum atomic E-state index is 12.3. The van der Waals surface area contributed by atoms with Gasteiger partial charge in [-0.2, -0.15) is 0 Å². The minimum absolute atomic E-state index is 0.0842. The summed E-state index contributed by atoms with van der Waals surface area (Å²) in [6.45, 7) is 2.45. The zero-order valence-corrected chi connectivity index (χ0v) is 16.0. The first-order valence-corrected chi connectivity index (χ1v) is 10.7. The molecule has 0 aromatic heterocycles. The predicted molar refractivity (Wildman–Crippen MR) is 97.2 cm³/mol. The Kier molecular flexibility index (Phi) is 5.78. The lowest BCUT2D eigenvalue weighted by molar-refractivity contribution is -0.135. The molecule has 0 N–H and O–H groups in total. The van der Waals surface area contributed by atoms with Gasteiger partial charge in [0.1, 0.15) is 5.75 Å². The van der Waals surface area contributed by atoms with Gasteiger partial charge in [0.2, 0.25) is 0 Å². The lowest BCUT2D eigenvalue weighted by Crippen LogP contribution is -2.53. The van der Waals surface area contributed by atoms with E-state index >= 15 is 0 Å². The van der Waals surface area contributed by atoms with Crippen LogP contribution in [0, 0.1) is 0 Å². The van der Waals surface area contributed by atoms with Gasteiger partial charge in [-0.05, 0) is 24.6 Å². The molecule has 1 aromatic rings. The molecule has 0 radical (unpaired) electrons. The lowest BCUT2D eigenvalue weighted by atomic mass is 10.2. The van der Waals surface area contributed by atoms with Crippen LogP contribution in [-0.2, 0) is 14.6 Å². The van der Waals surface area contributed by atoms with E-state index in [1.807, 2.05) is 0 Å². The SMILES string of the molecule is O=C(COc1ccc(Cl)cc1Cl)N1CCN([C@@H]2CCS(=O)(=O)C2)CC1. The van der Waals surface area contributed by atoms with Gasteiger partial charge in [-0.15, -0.1) is 0 Å². The molecule has 3 rings (SSSR count). The summed E-state index contributed by atoms with van der Waals surface area (Å²) in [5.74, 6) is 0.824. The minimum atomic E-state index is -2.89. The normalized spacial score (nSPS) is 23.6. The highest BCUT2D eigenvalue weighted by atomic mass is 35.5. The fourth-order valence-corrected chi connectivity index (χ4v) is 5.45. The molecule has 1 amide bonds. The van der Waals surface area contributed by atoms with Crippen LogP contribution < -0.4 is 4.74 Å². The molecular formula is C16H20Cl2N2O4S. The quantitative estimate of drug-likeness (QED) is 0.760. The Morgan fingerprint density at radius 1 is 1.20 bits per heavy atom. The molecule has 2 saturated heterocycles. The van der Waals surface area contributed by atoms with Gasteiger partial charge in [-0.25, -0.2) is 8.42 Å². The Labute approximate surface area is 157 Å². The third-order valence-corrected chi connectivity index (χ3v) is 6.92. The van der Waals surface area contributed by atoms with Crippen LogP contribution in [0.4, 0.5) is 0 Å². The molecule has 2 heterocycles. The van der Waals surface area contributed by atoms with Crippen LogP contribution >= 0.6 is 23.2 Å². The molecule has 0 bridgehead atoms. The van der Waals surface area contributed by atoms with Gasteiger partial charge >= 0.3 is 0 Å². The number of sulfone groups is 1. The summed E-state index contributed by atoms with van der Waals surface area (Å²) in [5, 5.41) is 0.876. The second-order valence-electron chi connectivity index (χ2n) is 6.34. The fourth-order valence-electron chi connectivity index (χ4n) is 3.22. The van der Waals surface area contributed by atoms with Crippen molar-refractivity contribution >= 4 is 38.9 Å². The number of halogens is 2. The van der Waals surface area contributed by atoms with Crippen LogP contribution in [0.1, 0.15) is 6.42 Å². The Bertz CT molecular complexity index is 749. The zero-order valence-electron chi connectivity index (χ0n) is 13.7. The summed E-state index contributed by atoms with van der Waals surface area (Å²) in [6.07, 6.45) is 0.689. The molecule has 2 fully saturated rings. The van der Waals surface area contributed by atoms with Crippen molar-refractivity contribution in [3.8, 4) is 5.75 Å². The third-order valence-electron chi connectivity index (χ3n) is 4.64. The highest BCUT2D eigenvalue weighted by molar-refractivity contribution is 7.91. The second kappa shape index (κ2) is 7.70. The van der Waals surface area contributed by atoms with Gasteiger partial charge in [0.05, 0.1) is 16.5 Å². The van der Waals surface area contributed by atoms with Gasteiger partial charge in [-0.3, -0.25) is 9.69 Å². The number of piperazine rings is 1. The molecule has 9 heteroatoms. The maximum absolute atomic E-state index is 12.3. The summed E-state index contributed by atoms with van der Waals surface area (Å²) < 4.78 is 28.7. The smallest absolute Gasteiger partial charge is 0.260 e. The highest BCUT2D eigenvalue weighted by Crippen LogP contribution is 2.27. The summed E-state index contributed by atoms with van der Waals surface area (Å²) in [6, 6.07) is 4.95. The molecule has 1 aromatic carbocycles. The van der Waals surface area contributed by atoms with E-state index in [0.29, 0.717) is 48.4 Å². The summed E-state index contributed by atoms with van der Waals surface area (Å²) in [5.41, 5.74) is 0. The minimum Gasteiger partial charge on any atom is -0.482 e.